The molecular formula is C40H28N2. The molecule has 2 aromatic heterocycles. The van der Waals surface area contributed by atoms with E-state index in [0.29, 0.717) is 0 Å². The molecule has 1 aliphatic rings. The number of aromatic nitrogens is 2. The van der Waals surface area contributed by atoms with Crippen LogP contribution in [0.1, 0.15) is 12.8 Å². The number of nitrogens with zero attached hydrogens (tertiary/aromatic N) is 2. The first-order valence-corrected chi connectivity index (χ1v) is 14.8. The molecule has 2 heteroatoms. The fourth-order valence-corrected chi connectivity index (χ4v) is 7.05. The summed E-state index contributed by atoms with van der Waals surface area (Å²) in [6, 6.07) is 46.7. The molecule has 0 radical (unpaired) electrons. The van der Waals surface area contributed by atoms with E-state index in [0.717, 1.165) is 12.8 Å². The molecule has 0 amide bonds. The van der Waals surface area contributed by atoms with Gasteiger partial charge in [0.25, 0.3) is 0 Å². The van der Waals surface area contributed by atoms with Crippen LogP contribution in [0.15, 0.2) is 146 Å². The molecule has 198 valence electrons. The first-order chi connectivity index (χ1) is 20.9. The lowest BCUT2D eigenvalue weighted by Gasteiger charge is -2.17. The van der Waals surface area contributed by atoms with E-state index >= 15 is 0 Å². The second-order valence-electron chi connectivity index (χ2n) is 11.3. The predicted molar refractivity (Wildman–Crippen MR) is 179 cm³/mol. The third-order valence-electron chi connectivity index (χ3n) is 8.91. The van der Waals surface area contributed by atoms with Crippen LogP contribution in [0.4, 0.5) is 0 Å². The number of allylic oxidation sites excluding steroid dienone is 4. The van der Waals surface area contributed by atoms with E-state index in [2.05, 4.69) is 155 Å². The van der Waals surface area contributed by atoms with Crippen molar-refractivity contribution in [3.05, 3.63) is 146 Å². The third kappa shape index (κ3) is 3.33. The SMILES string of the molecule is C1=CC(n2c3ccccc3c3ccc4c5ccccc5n(-c5ccccc5-c5ccc6ccccc6c5)c4c32)=CCC1. The summed E-state index contributed by atoms with van der Waals surface area (Å²) in [4.78, 5) is 0. The first-order valence-electron chi connectivity index (χ1n) is 14.8. The average Bonchev–Trinajstić information content (AvgIpc) is 3.58. The quantitative estimate of drug-likeness (QED) is 0.212. The highest BCUT2D eigenvalue weighted by molar-refractivity contribution is 6.24. The Morgan fingerprint density at radius 3 is 1.88 bits per heavy atom. The Kier molecular flexibility index (Phi) is 5.06. The van der Waals surface area contributed by atoms with E-state index in [1.54, 1.807) is 0 Å². The molecule has 0 atom stereocenters. The number of hydrogen-bond acceptors (Lipinski definition) is 0. The van der Waals surface area contributed by atoms with Crippen molar-refractivity contribution in [2.75, 3.05) is 0 Å². The summed E-state index contributed by atoms with van der Waals surface area (Å²) in [7, 11) is 0. The number of rotatable bonds is 3. The molecule has 6 aromatic carbocycles. The Bertz CT molecular complexity index is 2410. The molecular weight excluding hydrogens is 508 g/mol. The number of hydrogen-bond donors (Lipinski definition) is 0. The molecule has 0 saturated heterocycles. The normalized spacial score (nSPS) is 13.6. The van der Waals surface area contributed by atoms with Crippen molar-refractivity contribution in [2.24, 2.45) is 0 Å². The van der Waals surface area contributed by atoms with E-state index < -0.39 is 0 Å². The number of benzene rings is 6. The maximum absolute atomic E-state index is 2.51. The van der Waals surface area contributed by atoms with Crippen molar-refractivity contribution in [3.63, 3.8) is 0 Å². The standard InChI is InChI=1S/C40H28N2/c1-2-14-30(15-3-1)41-37-20-10-7-17-32(37)34-24-25-35-33-18-8-11-21-38(33)42(40(35)39(34)41)36-19-9-6-16-31(36)29-23-22-27-12-4-5-13-28(27)26-29/h2,4-26H,1,3H2. The van der Waals surface area contributed by atoms with Crippen molar-refractivity contribution in [2.45, 2.75) is 12.8 Å². The molecule has 0 N–H and O–H groups in total. The highest BCUT2D eigenvalue weighted by Crippen LogP contribution is 2.43. The van der Waals surface area contributed by atoms with E-state index in [1.807, 2.05) is 0 Å². The number of fused-ring (bicyclic) bond motifs is 8. The van der Waals surface area contributed by atoms with Crippen LogP contribution in [0.25, 0.3) is 76.9 Å². The van der Waals surface area contributed by atoms with Gasteiger partial charge in [-0.1, -0.05) is 115 Å². The zero-order chi connectivity index (χ0) is 27.6. The summed E-state index contributed by atoms with van der Waals surface area (Å²) >= 11 is 0. The molecule has 8 aromatic rings. The van der Waals surface area contributed by atoms with Crippen molar-refractivity contribution < 1.29 is 0 Å². The average molecular weight is 537 g/mol. The molecule has 0 bridgehead atoms. The van der Waals surface area contributed by atoms with Crippen LogP contribution in [0.5, 0.6) is 0 Å². The van der Waals surface area contributed by atoms with E-state index in [9.17, 15) is 0 Å². The minimum absolute atomic E-state index is 1.06. The molecule has 0 unspecified atom stereocenters. The molecule has 2 nitrogen and oxygen atoms in total. The van der Waals surface area contributed by atoms with Crippen molar-refractivity contribution in [1.82, 2.24) is 9.13 Å². The van der Waals surface area contributed by atoms with Gasteiger partial charge in [0.05, 0.1) is 27.8 Å². The Hall–Kier alpha value is -5.34. The molecule has 42 heavy (non-hydrogen) atoms. The zero-order valence-electron chi connectivity index (χ0n) is 23.2. The molecule has 0 aliphatic heterocycles. The van der Waals surface area contributed by atoms with Gasteiger partial charge < -0.3 is 9.13 Å². The van der Waals surface area contributed by atoms with Gasteiger partial charge in [0, 0.05) is 32.8 Å². The Labute approximate surface area is 244 Å². The molecule has 1 aliphatic carbocycles. The van der Waals surface area contributed by atoms with Crippen LogP contribution < -0.4 is 0 Å². The highest BCUT2D eigenvalue weighted by atomic mass is 15.0. The Balaban J connectivity index is 1.46. The topological polar surface area (TPSA) is 9.86 Å². The second kappa shape index (κ2) is 9.09. The summed E-state index contributed by atoms with van der Waals surface area (Å²) in [6.45, 7) is 0. The van der Waals surface area contributed by atoms with Gasteiger partial charge in [-0.2, -0.15) is 0 Å². The maximum atomic E-state index is 2.51. The zero-order valence-corrected chi connectivity index (χ0v) is 23.2. The summed E-state index contributed by atoms with van der Waals surface area (Å²) in [6.07, 6.45) is 9.14. The summed E-state index contributed by atoms with van der Waals surface area (Å²) in [5, 5.41) is 7.63. The largest absolute Gasteiger partial charge is 0.308 e. The van der Waals surface area contributed by atoms with Gasteiger partial charge in [0.2, 0.25) is 0 Å². The summed E-state index contributed by atoms with van der Waals surface area (Å²) in [5.74, 6) is 0. The minimum atomic E-state index is 1.06. The third-order valence-corrected chi connectivity index (χ3v) is 8.91. The fraction of sp³-hybridized carbons (Fsp3) is 0.0500. The molecule has 2 heterocycles. The first kappa shape index (κ1) is 23.4. The van der Waals surface area contributed by atoms with Gasteiger partial charge in [0.1, 0.15) is 0 Å². The van der Waals surface area contributed by atoms with E-state index in [-0.39, 0.29) is 0 Å². The highest BCUT2D eigenvalue weighted by Gasteiger charge is 2.22. The monoisotopic (exact) mass is 536 g/mol. The lowest BCUT2D eigenvalue weighted by Crippen LogP contribution is -2.01. The van der Waals surface area contributed by atoms with E-state index in [4.69, 9.17) is 0 Å². The van der Waals surface area contributed by atoms with Crippen LogP contribution in [0, 0.1) is 0 Å². The second-order valence-corrected chi connectivity index (χ2v) is 11.3. The molecule has 0 fully saturated rings. The predicted octanol–water partition coefficient (Wildman–Crippen LogP) is 10.9. The van der Waals surface area contributed by atoms with Gasteiger partial charge in [-0.25, -0.2) is 0 Å². The van der Waals surface area contributed by atoms with Crippen molar-refractivity contribution in [3.8, 4) is 16.8 Å². The minimum Gasteiger partial charge on any atom is -0.308 e. The Morgan fingerprint density at radius 2 is 1.12 bits per heavy atom. The molecule has 9 rings (SSSR count). The summed E-state index contributed by atoms with van der Waals surface area (Å²) < 4.78 is 5.01. The van der Waals surface area contributed by atoms with Crippen LogP contribution >= 0.6 is 0 Å². The smallest absolute Gasteiger partial charge is 0.0789 e. The van der Waals surface area contributed by atoms with Crippen LogP contribution in [0.3, 0.4) is 0 Å². The van der Waals surface area contributed by atoms with Crippen LogP contribution in [0.2, 0.25) is 0 Å². The summed E-state index contributed by atoms with van der Waals surface area (Å²) in [5.41, 5.74) is 9.86. The van der Waals surface area contributed by atoms with E-state index in [1.165, 1.54) is 76.9 Å². The lowest BCUT2D eigenvalue weighted by molar-refractivity contribution is 1.02. The maximum Gasteiger partial charge on any atom is 0.0789 e. The molecule has 0 spiro atoms. The van der Waals surface area contributed by atoms with Gasteiger partial charge in [-0.05, 0) is 59.5 Å². The van der Waals surface area contributed by atoms with Gasteiger partial charge >= 0.3 is 0 Å². The van der Waals surface area contributed by atoms with Gasteiger partial charge in [-0.3, -0.25) is 0 Å². The van der Waals surface area contributed by atoms with Crippen molar-refractivity contribution >= 4 is 60.1 Å². The van der Waals surface area contributed by atoms with Crippen molar-refractivity contribution in [1.29, 1.82) is 0 Å². The Morgan fingerprint density at radius 1 is 0.476 bits per heavy atom. The number of para-hydroxylation sites is 3. The lowest BCUT2D eigenvalue weighted by atomic mass is 9.99. The van der Waals surface area contributed by atoms with Crippen LogP contribution in [-0.2, 0) is 0 Å². The molecule has 0 saturated carbocycles. The van der Waals surface area contributed by atoms with Gasteiger partial charge in [0.15, 0.2) is 0 Å². The van der Waals surface area contributed by atoms with Gasteiger partial charge in [-0.15, -0.1) is 0 Å². The van der Waals surface area contributed by atoms with Crippen LogP contribution in [-0.4, -0.2) is 9.13 Å². The fourth-order valence-electron chi connectivity index (χ4n) is 7.05.